The number of carbonyl (C=O) groups excluding carboxylic acids is 1. The molecule has 2 atom stereocenters. The van der Waals surface area contributed by atoms with E-state index in [1.165, 1.54) is 11.3 Å². The van der Waals surface area contributed by atoms with Crippen LogP contribution in [0.1, 0.15) is 19.4 Å². The van der Waals surface area contributed by atoms with Crippen LogP contribution in [0.2, 0.25) is 5.02 Å². The topological polar surface area (TPSA) is 96.3 Å². The zero-order chi connectivity index (χ0) is 24.6. The molecule has 1 amide bonds. The minimum Gasteiger partial charge on any atom is -0.369 e. The number of nitrogens with zero attached hydrogens (tertiary/aromatic N) is 3. The van der Waals surface area contributed by atoms with Gasteiger partial charge in [0, 0.05) is 47.6 Å². The SMILES string of the molecule is C[C@@H](C(=O)N[C@H]1CCN(c2ccc(S(=O)(=O)Nc3nccs3)cc2)C1)n1ccc2ccc(Cl)cc21. The molecule has 0 aliphatic carbocycles. The van der Waals surface area contributed by atoms with E-state index in [2.05, 4.69) is 19.9 Å². The number of aromatic nitrogens is 2. The van der Waals surface area contributed by atoms with Gasteiger partial charge in [0.05, 0.1) is 10.4 Å². The normalized spacial score (nSPS) is 17.0. The van der Waals surface area contributed by atoms with Crippen LogP contribution >= 0.6 is 22.9 Å². The summed E-state index contributed by atoms with van der Waals surface area (Å²) in [5.74, 6) is -0.0518. The van der Waals surface area contributed by atoms with Crippen LogP contribution in [0.25, 0.3) is 10.9 Å². The van der Waals surface area contributed by atoms with Gasteiger partial charge in [-0.3, -0.25) is 9.52 Å². The minimum absolute atomic E-state index is 0.00495. The molecule has 182 valence electrons. The first kappa shape index (κ1) is 23.7. The smallest absolute Gasteiger partial charge is 0.263 e. The lowest BCUT2D eigenvalue weighted by atomic mass is 10.2. The number of thiazole rings is 1. The van der Waals surface area contributed by atoms with Crippen LogP contribution < -0.4 is 14.9 Å². The van der Waals surface area contributed by atoms with E-state index in [1.54, 1.807) is 35.8 Å². The third kappa shape index (κ3) is 5.00. The Kier molecular flexibility index (Phi) is 6.43. The number of sulfonamides is 1. The van der Waals surface area contributed by atoms with Gasteiger partial charge in [0.25, 0.3) is 10.0 Å². The van der Waals surface area contributed by atoms with Crippen molar-refractivity contribution >= 4 is 60.6 Å². The van der Waals surface area contributed by atoms with E-state index < -0.39 is 10.0 Å². The largest absolute Gasteiger partial charge is 0.369 e. The van der Waals surface area contributed by atoms with Gasteiger partial charge in [-0.15, -0.1) is 11.3 Å². The molecule has 0 radical (unpaired) electrons. The molecule has 8 nitrogen and oxygen atoms in total. The van der Waals surface area contributed by atoms with Gasteiger partial charge in [-0.1, -0.05) is 17.7 Å². The van der Waals surface area contributed by atoms with E-state index in [9.17, 15) is 13.2 Å². The number of fused-ring (bicyclic) bond motifs is 1. The Morgan fingerprint density at radius 1 is 1.20 bits per heavy atom. The lowest BCUT2D eigenvalue weighted by Gasteiger charge is -2.21. The van der Waals surface area contributed by atoms with Gasteiger partial charge in [-0.2, -0.15) is 0 Å². The molecule has 1 aliphatic rings. The Bertz CT molecular complexity index is 1450. The molecule has 2 N–H and O–H groups in total. The number of benzene rings is 2. The van der Waals surface area contributed by atoms with Gasteiger partial charge >= 0.3 is 0 Å². The van der Waals surface area contributed by atoms with Crippen LogP contribution in [0.3, 0.4) is 0 Å². The highest BCUT2D eigenvalue weighted by Crippen LogP contribution is 2.26. The van der Waals surface area contributed by atoms with Crippen molar-refractivity contribution < 1.29 is 13.2 Å². The lowest BCUT2D eigenvalue weighted by molar-refractivity contribution is -0.124. The monoisotopic (exact) mass is 529 g/mol. The maximum Gasteiger partial charge on any atom is 0.263 e. The first-order valence-corrected chi connectivity index (χ1v) is 13.9. The summed E-state index contributed by atoms with van der Waals surface area (Å²) >= 11 is 7.37. The molecule has 4 aromatic rings. The Hall–Kier alpha value is -3.08. The lowest BCUT2D eigenvalue weighted by Crippen LogP contribution is -2.40. The third-order valence-corrected chi connectivity index (χ3v) is 8.59. The second-order valence-electron chi connectivity index (χ2n) is 8.48. The summed E-state index contributed by atoms with van der Waals surface area (Å²) in [6, 6.07) is 14.0. The second kappa shape index (κ2) is 9.52. The van der Waals surface area contributed by atoms with E-state index >= 15 is 0 Å². The molecule has 5 rings (SSSR count). The second-order valence-corrected chi connectivity index (χ2v) is 11.5. The van der Waals surface area contributed by atoms with Gasteiger partial charge in [0.2, 0.25) is 5.91 Å². The molecule has 35 heavy (non-hydrogen) atoms. The van der Waals surface area contributed by atoms with Crippen molar-refractivity contribution in [1.29, 1.82) is 0 Å². The zero-order valence-electron chi connectivity index (χ0n) is 18.9. The summed E-state index contributed by atoms with van der Waals surface area (Å²) in [7, 11) is -3.69. The summed E-state index contributed by atoms with van der Waals surface area (Å²) in [5, 5.41) is 6.87. The molecule has 2 aromatic carbocycles. The summed E-state index contributed by atoms with van der Waals surface area (Å²) in [6.45, 7) is 3.30. The number of amides is 1. The molecular formula is C24H24ClN5O3S2. The predicted octanol–water partition coefficient (Wildman–Crippen LogP) is 4.51. The number of carbonyl (C=O) groups is 1. The number of halogens is 1. The fourth-order valence-corrected chi connectivity index (χ4v) is 6.26. The van der Waals surface area contributed by atoms with E-state index in [0.717, 1.165) is 29.6 Å². The molecule has 0 spiro atoms. The molecule has 3 heterocycles. The van der Waals surface area contributed by atoms with E-state index in [-0.39, 0.29) is 22.9 Å². The average molecular weight is 530 g/mol. The quantitative estimate of drug-likeness (QED) is 0.367. The summed E-state index contributed by atoms with van der Waals surface area (Å²) in [6.07, 6.45) is 4.26. The molecule has 0 saturated carbocycles. The fraction of sp³-hybridized carbons (Fsp3) is 0.250. The summed E-state index contributed by atoms with van der Waals surface area (Å²) < 4.78 is 29.5. The van der Waals surface area contributed by atoms with Crippen LogP contribution in [-0.4, -0.2) is 43.0 Å². The molecule has 1 saturated heterocycles. The fourth-order valence-electron chi connectivity index (χ4n) is 4.30. The first-order chi connectivity index (χ1) is 16.8. The minimum atomic E-state index is -3.69. The van der Waals surface area contributed by atoms with E-state index in [1.807, 2.05) is 42.0 Å². The Balaban J connectivity index is 1.21. The number of hydrogen-bond acceptors (Lipinski definition) is 6. The maximum atomic E-state index is 13.0. The molecule has 1 fully saturated rings. The molecule has 0 unspecified atom stereocenters. The van der Waals surface area contributed by atoms with Crippen molar-refractivity contribution in [2.75, 3.05) is 22.7 Å². The molecule has 2 aromatic heterocycles. The van der Waals surface area contributed by atoms with Crippen molar-refractivity contribution in [2.24, 2.45) is 0 Å². The van der Waals surface area contributed by atoms with Crippen LogP contribution in [0.4, 0.5) is 10.8 Å². The Morgan fingerprint density at radius 2 is 2.00 bits per heavy atom. The third-order valence-electron chi connectivity index (χ3n) is 6.18. The van der Waals surface area contributed by atoms with Crippen molar-refractivity contribution in [3.63, 3.8) is 0 Å². The average Bonchev–Trinajstić information content (AvgIpc) is 3.60. The number of hydrogen-bond donors (Lipinski definition) is 2. The Labute approximate surface area is 212 Å². The molecular weight excluding hydrogens is 506 g/mol. The summed E-state index contributed by atoms with van der Waals surface area (Å²) in [5.41, 5.74) is 1.83. The first-order valence-electron chi connectivity index (χ1n) is 11.1. The molecule has 11 heteroatoms. The van der Waals surface area contributed by atoms with Gasteiger partial charge < -0.3 is 14.8 Å². The van der Waals surface area contributed by atoms with E-state index in [0.29, 0.717) is 16.7 Å². The van der Waals surface area contributed by atoms with Crippen LogP contribution in [0.15, 0.2) is 71.2 Å². The van der Waals surface area contributed by atoms with E-state index in [4.69, 9.17) is 11.6 Å². The zero-order valence-corrected chi connectivity index (χ0v) is 21.3. The number of nitrogens with one attached hydrogen (secondary N) is 2. The Morgan fingerprint density at radius 3 is 2.74 bits per heavy atom. The van der Waals surface area contributed by atoms with Crippen LogP contribution in [0.5, 0.6) is 0 Å². The van der Waals surface area contributed by atoms with Gasteiger partial charge in [-0.05, 0) is 61.2 Å². The maximum absolute atomic E-state index is 13.0. The van der Waals surface area contributed by atoms with Crippen molar-refractivity contribution in [3.8, 4) is 0 Å². The van der Waals surface area contributed by atoms with Crippen molar-refractivity contribution in [2.45, 2.75) is 30.3 Å². The van der Waals surface area contributed by atoms with Crippen LogP contribution in [-0.2, 0) is 14.8 Å². The molecule has 1 aliphatic heterocycles. The van der Waals surface area contributed by atoms with Crippen molar-refractivity contribution in [3.05, 3.63) is 71.3 Å². The number of anilines is 2. The number of rotatable bonds is 7. The van der Waals surface area contributed by atoms with Gasteiger partial charge in [-0.25, -0.2) is 13.4 Å². The highest BCUT2D eigenvalue weighted by atomic mass is 35.5. The standard InChI is InChI=1S/C24H24ClN5O3S2/c1-16(30-12-8-17-2-3-18(25)14-22(17)30)23(31)27-19-9-11-29(15-19)20-4-6-21(7-5-20)35(32,33)28-24-26-10-13-34-24/h2-8,10,12-14,16,19H,9,11,15H2,1H3,(H,26,28)(H,27,31)/t16-,19-/m0/s1. The predicted molar refractivity (Wildman–Crippen MR) is 140 cm³/mol. The van der Waals surface area contributed by atoms with Gasteiger partial charge in [0.15, 0.2) is 5.13 Å². The van der Waals surface area contributed by atoms with Crippen LogP contribution in [0, 0.1) is 0 Å². The highest BCUT2D eigenvalue weighted by Gasteiger charge is 2.27. The van der Waals surface area contributed by atoms with Gasteiger partial charge in [0.1, 0.15) is 6.04 Å². The highest BCUT2D eigenvalue weighted by molar-refractivity contribution is 7.93. The molecule has 0 bridgehead atoms. The summed E-state index contributed by atoms with van der Waals surface area (Å²) in [4.78, 5) is 19.3. The van der Waals surface area contributed by atoms with Crippen molar-refractivity contribution in [1.82, 2.24) is 14.9 Å².